The first-order valence-electron chi connectivity index (χ1n) is 13.6. The molecule has 2 amide bonds. The molecule has 0 spiro atoms. The molecule has 0 saturated carbocycles. The summed E-state index contributed by atoms with van der Waals surface area (Å²) in [7, 11) is 0. The number of benzene rings is 3. The van der Waals surface area contributed by atoms with Crippen LogP contribution in [0.2, 0.25) is 0 Å². The lowest BCUT2D eigenvalue weighted by atomic mass is 10.0. The van der Waals surface area contributed by atoms with Gasteiger partial charge in [0.2, 0.25) is 11.8 Å². The second-order valence-electron chi connectivity index (χ2n) is 9.66. The molecule has 0 aromatic heterocycles. The maximum Gasteiger partial charge on any atom is 0.243 e. The maximum atomic E-state index is 13.8. The first-order valence-corrected chi connectivity index (χ1v) is 13.6. The maximum absolute atomic E-state index is 13.8. The van der Waals surface area contributed by atoms with E-state index in [0.29, 0.717) is 37.6 Å². The van der Waals surface area contributed by atoms with Crippen LogP contribution in [0, 0.1) is 5.82 Å². The Morgan fingerprint density at radius 1 is 0.846 bits per heavy atom. The molecule has 7 heteroatoms. The molecule has 0 unspecified atom stereocenters. The van der Waals surface area contributed by atoms with Crippen molar-refractivity contribution in [3.05, 3.63) is 95.3 Å². The van der Waals surface area contributed by atoms with Crippen LogP contribution in [-0.2, 0) is 29.0 Å². The van der Waals surface area contributed by atoms with E-state index >= 15 is 0 Å². The Kier molecular flexibility index (Phi) is 11.3. The first-order chi connectivity index (χ1) is 18.8. The summed E-state index contributed by atoms with van der Waals surface area (Å²) in [5.74, 6) is 0.581. The number of ether oxygens (including phenoxy) is 2. The lowest BCUT2D eigenvalue weighted by Gasteiger charge is -2.32. The Balaban J connectivity index is 1.89. The fourth-order valence-corrected chi connectivity index (χ4v) is 4.37. The van der Waals surface area contributed by atoms with E-state index in [-0.39, 0.29) is 36.6 Å². The summed E-state index contributed by atoms with van der Waals surface area (Å²) in [5, 5.41) is 2.98. The Morgan fingerprint density at radius 3 is 2.13 bits per heavy atom. The van der Waals surface area contributed by atoms with Gasteiger partial charge in [0.15, 0.2) is 11.5 Å². The van der Waals surface area contributed by atoms with Gasteiger partial charge in [-0.3, -0.25) is 9.59 Å². The minimum atomic E-state index is -0.730. The van der Waals surface area contributed by atoms with Crippen molar-refractivity contribution >= 4 is 11.8 Å². The Bertz CT molecular complexity index is 1200. The molecule has 3 rings (SSSR count). The zero-order valence-corrected chi connectivity index (χ0v) is 23.3. The molecule has 0 aliphatic heterocycles. The van der Waals surface area contributed by atoms with E-state index in [1.54, 1.807) is 17.0 Å². The molecule has 0 saturated heterocycles. The van der Waals surface area contributed by atoms with Crippen molar-refractivity contribution in [2.45, 2.75) is 65.6 Å². The summed E-state index contributed by atoms with van der Waals surface area (Å²) in [6, 6.07) is 20.6. The average Bonchev–Trinajstić information content (AvgIpc) is 2.92. The number of aryl methyl sites for hydroxylation is 1. The topological polar surface area (TPSA) is 67.9 Å². The molecule has 208 valence electrons. The van der Waals surface area contributed by atoms with Crippen LogP contribution in [0.25, 0.3) is 0 Å². The van der Waals surface area contributed by atoms with Crippen molar-refractivity contribution in [1.29, 1.82) is 0 Å². The lowest BCUT2D eigenvalue weighted by Crippen LogP contribution is -2.51. The van der Waals surface area contributed by atoms with Gasteiger partial charge >= 0.3 is 0 Å². The zero-order chi connectivity index (χ0) is 28.2. The third-order valence-electron chi connectivity index (χ3n) is 6.20. The number of carbonyl (C=O) groups is 2. The highest BCUT2D eigenvalue weighted by Crippen LogP contribution is 2.29. The van der Waals surface area contributed by atoms with E-state index in [0.717, 1.165) is 16.7 Å². The molecular weight excluding hydrogens is 495 g/mol. The van der Waals surface area contributed by atoms with Crippen LogP contribution in [0.15, 0.2) is 72.8 Å². The smallest absolute Gasteiger partial charge is 0.243 e. The van der Waals surface area contributed by atoms with E-state index in [1.807, 2.05) is 76.2 Å². The Hall–Kier alpha value is -3.87. The minimum Gasteiger partial charge on any atom is -0.490 e. The van der Waals surface area contributed by atoms with Gasteiger partial charge in [0.05, 0.1) is 13.2 Å². The third-order valence-corrected chi connectivity index (χ3v) is 6.20. The summed E-state index contributed by atoms with van der Waals surface area (Å²) in [6.45, 7) is 8.83. The fourth-order valence-electron chi connectivity index (χ4n) is 4.37. The summed E-state index contributed by atoms with van der Waals surface area (Å²) in [6.07, 6.45) is 1.03. The number of rotatable bonds is 14. The molecule has 6 nitrogen and oxygen atoms in total. The molecular formula is C32H39FN2O4. The van der Waals surface area contributed by atoms with E-state index in [2.05, 4.69) is 5.32 Å². The SMILES string of the molecule is CCOc1ccc(CCC(=O)N(Cc2ccc(F)cc2)[C@@H](Cc2ccccc2)C(=O)NC(C)C)cc1OCC. The predicted octanol–water partition coefficient (Wildman–Crippen LogP) is 5.72. The number of hydrogen-bond acceptors (Lipinski definition) is 4. The molecule has 0 aliphatic carbocycles. The van der Waals surface area contributed by atoms with Crippen LogP contribution >= 0.6 is 0 Å². The van der Waals surface area contributed by atoms with Crippen LogP contribution in [0.5, 0.6) is 11.5 Å². The van der Waals surface area contributed by atoms with Crippen LogP contribution in [-0.4, -0.2) is 42.0 Å². The fraction of sp³-hybridized carbons (Fsp3) is 0.375. The van der Waals surface area contributed by atoms with Gasteiger partial charge < -0.3 is 19.7 Å². The highest BCUT2D eigenvalue weighted by Gasteiger charge is 2.30. The van der Waals surface area contributed by atoms with E-state index in [9.17, 15) is 14.0 Å². The highest BCUT2D eigenvalue weighted by atomic mass is 19.1. The molecule has 1 atom stereocenters. The van der Waals surface area contributed by atoms with E-state index < -0.39 is 6.04 Å². The van der Waals surface area contributed by atoms with Crippen LogP contribution in [0.4, 0.5) is 4.39 Å². The van der Waals surface area contributed by atoms with Gasteiger partial charge in [-0.2, -0.15) is 0 Å². The summed E-state index contributed by atoms with van der Waals surface area (Å²) >= 11 is 0. The standard InChI is InChI=1S/C32H39FN2O4/c1-5-38-29-18-14-25(21-30(29)39-6-2)15-19-31(36)35(22-26-12-16-27(33)17-13-26)28(32(37)34-23(3)4)20-24-10-8-7-9-11-24/h7-14,16-18,21,23,28H,5-6,15,19-20,22H2,1-4H3,(H,34,37)/t28-/m0/s1. The summed E-state index contributed by atoms with van der Waals surface area (Å²) < 4.78 is 25.0. The van der Waals surface area contributed by atoms with Crippen molar-refractivity contribution in [3.8, 4) is 11.5 Å². The average molecular weight is 535 g/mol. The molecule has 39 heavy (non-hydrogen) atoms. The molecule has 3 aromatic rings. The summed E-state index contributed by atoms with van der Waals surface area (Å²) in [5.41, 5.74) is 2.63. The third kappa shape index (κ3) is 9.13. The number of nitrogens with zero attached hydrogens (tertiary/aromatic N) is 1. The van der Waals surface area contributed by atoms with Gasteiger partial charge in [-0.1, -0.05) is 48.5 Å². The van der Waals surface area contributed by atoms with E-state index in [1.165, 1.54) is 12.1 Å². The molecule has 0 bridgehead atoms. The van der Waals surface area contributed by atoms with Crippen molar-refractivity contribution < 1.29 is 23.5 Å². The number of carbonyl (C=O) groups excluding carboxylic acids is 2. The van der Waals surface area contributed by atoms with Gasteiger partial charge in [0.25, 0.3) is 0 Å². The quantitative estimate of drug-likeness (QED) is 0.287. The van der Waals surface area contributed by atoms with Crippen LogP contribution in [0.1, 0.15) is 50.8 Å². The summed E-state index contributed by atoms with van der Waals surface area (Å²) in [4.78, 5) is 28.9. The molecule has 0 heterocycles. The largest absolute Gasteiger partial charge is 0.490 e. The zero-order valence-electron chi connectivity index (χ0n) is 23.3. The molecule has 1 N–H and O–H groups in total. The number of amides is 2. The molecule has 0 fully saturated rings. The Labute approximate surface area is 231 Å². The van der Waals surface area contributed by atoms with Crippen molar-refractivity contribution in [1.82, 2.24) is 10.2 Å². The van der Waals surface area contributed by atoms with Crippen LogP contribution < -0.4 is 14.8 Å². The molecule has 3 aromatic carbocycles. The minimum absolute atomic E-state index is 0.0839. The molecule has 0 radical (unpaired) electrons. The van der Waals surface area contributed by atoms with Gasteiger partial charge in [-0.25, -0.2) is 4.39 Å². The van der Waals surface area contributed by atoms with Crippen molar-refractivity contribution in [3.63, 3.8) is 0 Å². The second kappa shape index (κ2) is 14.9. The van der Waals surface area contributed by atoms with Gasteiger partial charge in [-0.15, -0.1) is 0 Å². The van der Waals surface area contributed by atoms with Crippen molar-refractivity contribution in [2.75, 3.05) is 13.2 Å². The number of hydrogen-bond donors (Lipinski definition) is 1. The number of nitrogens with one attached hydrogen (secondary N) is 1. The Morgan fingerprint density at radius 2 is 1.49 bits per heavy atom. The van der Waals surface area contributed by atoms with Crippen LogP contribution in [0.3, 0.4) is 0 Å². The van der Waals surface area contributed by atoms with E-state index in [4.69, 9.17) is 9.47 Å². The lowest BCUT2D eigenvalue weighted by molar-refractivity contribution is -0.141. The van der Waals surface area contributed by atoms with Gasteiger partial charge in [-0.05, 0) is 75.1 Å². The molecule has 0 aliphatic rings. The normalized spacial score (nSPS) is 11.6. The highest BCUT2D eigenvalue weighted by molar-refractivity contribution is 5.88. The van der Waals surface area contributed by atoms with Gasteiger partial charge in [0, 0.05) is 25.4 Å². The monoisotopic (exact) mass is 534 g/mol. The first kappa shape index (κ1) is 29.7. The van der Waals surface area contributed by atoms with Gasteiger partial charge in [0.1, 0.15) is 11.9 Å². The second-order valence-corrected chi connectivity index (χ2v) is 9.66. The van der Waals surface area contributed by atoms with Crippen molar-refractivity contribution in [2.24, 2.45) is 0 Å². The number of halogens is 1. The predicted molar refractivity (Wildman–Crippen MR) is 151 cm³/mol.